The molecular formula is C15H15F3N2O2. The molecule has 7 heteroatoms. The number of piperidine rings is 1. The highest BCUT2D eigenvalue weighted by atomic mass is 19.2. The highest BCUT2D eigenvalue weighted by molar-refractivity contribution is 5.95. The zero-order chi connectivity index (χ0) is 16.0. The smallest absolute Gasteiger partial charge is 0.257 e. The van der Waals surface area contributed by atoms with Crippen LogP contribution in [0.5, 0.6) is 0 Å². The van der Waals surface area contributed by atoms with Gasteiger partial charge in [0.15, 0.2) is 11.6 Å². The van der Waals surface area contributed by atoms with Crippen LogP contribution in [0.4, 0.5) is 13.2 Å². The number of halogens is 3. The SMILES string of the molecule is CN1C[C@@H]2[C@@H](CCCN2C(=O)c2cc(F)c(F)cc2F)C1=O. The van der Waals surface area contributed by atoms with E-state index in [9.17, 15) is 22.8 Å². The predicted octanol–water partition coefficient (Wildman–Crippen LogP) is 1.80. The molecule has 118 valence electrons. The van der Waals surface area contributed by atoms with Gasteiger partial charge in [0.1, 0.15) is 5.82 Å². The van der Waals surface area contributed by atoms with E-state index in [1.807, 2.05) is 0 Å². The summed E-state index contributed by atoms with van der Waals surface area (Å²) in [4.78, 5) is 27.5. The van der Waals surface area contributed by atoms with E-state index in [-0.39, 0.29) is 17.9 Å². The summed E-state index contributed by atoms with van der Waals surface area (Å²) in [5.74, 6) is -4.72. The first-order chi connectivity index (χ1) is 10.4. The number of fused-ring (bicyclic) bond motifs is 1. The summed E-state index contributed by atoms with van der Waals surface area (Å²) < 4.78 is 40.1. The fourth-order valence-electron chi connectivity index (χ4n) is 3.32. The van der Waals surface area contributed by atoms with E-state index < -0.39 is 28.9 Å². The standard InChI is InChI=1S/C15H15F3N2O2/c1-19-7-13-8(14(19)21)3-2-4-20(13)15(22)9-5-11(17)12(18)6-10(9)16/h5-6,8,13H,2-4,7H2,1H3/t8-,13-/m1/s1. The van der Waals surface area contributed by atoms with Crippen LogP contribution in [-0.4, -0.2) is 47.8 Å². The van der Waals surface area contributed by atoms with Gasteiger partial charge in [-0.25, -0.2) is 13.2 Å². The van der Waals surface area contributed by atoms with Crippen molar-refractivity contribution in [3.05, 3.63) is 35.1 Å². The van der Waals surface area contributed by atoms with Gasteiger partial charge < -0.3 is 9.80 Å². The average molecular weight is 312 g/mol. The Bertz CT molecular complexity index is 650. The summed E-state index contributed by atoms with van der Waals surface area (Å²) in [6.07, 6.45) is 1.30. The maximum atomic E-state index is 13.8. The van der Waals surface area contributed by atoms with Crippen molar-refractivity contribution in [2.75, 3.05) is 20.1 Å². The number of carbonyl (C=O) groups is 2. The summed E-state index contributed by atoms with van der Waals surface area (Å²) in [5, 5.41) is 0. The molecule has 0 saturated carbocycles. The molecule has 2 fully saturated rings. The number of likely N-dealkylation sites (N-methyl/N-ethyl adjacent to an activating group) is 1. The minimum absolute atomic E-state index is 0.0340. The van der Waals surface area contributed by atoms with Gasteiger partial charge in [0.25, 0.3) is 5.91 Å². The van der Waals surface area contributed by atoms with Crippen molar-refractivity contribution < 1.29 is 22.8 Å². The van der Waals surface area contributed by atoms with Gasteiger partial charge in [-0.15, -0.1) is 0 Å². The molecule has 0 unspecified atom stereocenters. The van der Waals surface area contributed by atoms with E-state index in [4.69, 9.17) is 0 Å². The van der Waals surface area contributed by atoms with Gasteiger partial charge in [-0.1, -0.05) is 0 Å². The lowest BCUT2D eigenvalue weighted by molar-refractivity contribution is -0.130. The van der Waals surface area contributed by atoms with Crippen LogP contribution >= 0.6 is 0 Å². The normalized spacial score (nSPS) is 24.6. The molecule has 1 aromatic rings. The Balaban J connectivity index is 1.92. The zero-order valence-corrected chi connectivity index (χ0v) is 12.0. The monoisotopic (exact) mass is 312 g/mol. The number of benzene rings is 1. The van der Waals surface area contributed by atoms with Gasteiger partial charge in [-0.3, -0.25) is 9.59 Å². The first-order valence-corrected chi connectivity index (χ1v) is 7.10. The van der Waals surface area contributed by atoms with Gasteiger partial charge in [0.05, 0.1) is 17.5 Å². The summed E-state index contributed by atoms with van der Waals surface area (Å²) in [5.41, 5.74) is -0.499. The van der Waals surface area contributed by atoms with E-state index in [0.717, 1.165) is 0 Å². The first kappa shape index (κ1) is 14.9. The highest BCUT2D eigenvalue weighted by Gasteiger charge is 2.45. The third-order valence-corrected chi connectivity index (χ3v) is 4.43. The molecule has 4 nitrogen and oxygen atoms in total. The Morgan fingerprint density at radius 1 is 1.18 bits per heavy atom. The lowest BCUT2D eigenvalue weighted by Gasteiger charge is -2.36. The van der Waals surface area contributed by atoms with Crippen LogP contribution in [0, 0.1) is 23.4 Å². The van der Waals surface area contributed by atoms with Crippen molar-refractivity contribution in [1.82, 2.24) is 9.80 Å². The molecule has 0 spiro atoms. The third-order valence-electron chi connectivity index (χ3n) is 4.43. The van der Waals surface area contributed by atoms with Crippen molar-refractivity contribution in [2.45, 2.75) is 18.9 Å². The Labute approximate surface area is 125 Å². The number of likely N-dealkylation sites (tertiary alicyclic amines) is 2. The fourth-order valence-corrected chi connectivity index (χ4v) is 3.32. The number of rotatable bonds is 1. The number of nitrogens with zero attached hydrogens (tertiary/aromatic N) is 2. The highest BCUT2D eigenvalue weighted by Crippen LogP contribution is 2.32. The zero-order valence-electron chi connectivity index (χ0n) is 12.0. The van der Waals surface area contributed by atoms with E-state index in [2.05, 4.69) is 0 Å². The molecule has 2 amide bonds. The average Bonchev–Trinajstić information content (AvgIpc) is 2.77. The first-order valence-electron chi connectivity index (χ1n) is 7.10. The number of hydrogen-bond donors (Lipinski definition) is 0. The summed E-state index contributed by atoms with van der Waals surface area (Å²) in [6.45, 7) is 0.750. The number of hydrogen-bond acceptors (Lipinski definition) is 2. The second kappa shape index (κ2) is 5.30. The fraction of sp³-hybridized carbons (Fsp3) is 0.467. The van der Waals surface area contributed by atoms with Gasteiger partial charge in [-0.05, 0) is 18.9 Å². The van der Waals surface area contributed by atoms with E-state index in [0.29, 0.717) is 38.1 Å². The molecule has 0 radical (unpaired) electrons. The van der Waals surface area contributed by atoms with Gasteiger partial charge in [-0.2, -0.15) is 0 Å². The lowest BCUT2D eigenvalue weighted by Crippen LogP contribution is -2.49. The molecule has 0 aromatic heterocycles. The lowest BCUT2D eigenvalue weighted by atomic mass is 9.91. The Morgan fingerprint density at radius 2 is 1.86 bits per heavy atom. The molecule has 3 rings (SSSR count). The molecule has 2 heterocycles. The van der Waals surface area contributed by atoms with E-state index >= 15 is 0 Å². The van der Waals surface area contributed by atoms with Crippen LogP contribution in [0.25, 0.3) is 0 Å². The van der Waals surface area contributed by atoms with Gasteiger partial charge in [0.2, 0.25) is 5.91 Å². The molecule has 0 aliphatic carbocycles. The minimum Gasteiger partial charge on any atom is -0.343 e. The van der Waals surface area contributed by atoms with E-state index in [1.54, 1.807) is 11.9 Å². The van der Waals surface area contributed by atoms with Crippen LogP contribution in [-0.2, 0) is 4.79 Å². The van der Waals surface area contributed by atoms with Gasteiger partial charge >= 0.3 is 0 Å². The number of amides is 2. The molecule has 0 N–H and O–H groups in total. The molecule has 2 atom stereocenters. The predicted molar refractivity (Wildman–Crippen MR) is 71.5 cm³/mol. The summed E-state index contributed by atoms with van der Waals surface area (Å²) in [7, 11) is 1.65. The minimum atomic E-state index is -1.33. The van der Waals surface area contributed by atoms with Gasteiger partial charge in [0, 0.05) is 26.2 Å². The molecular weight excluding hydrogens is 297 g/mol. The molecule has 22 heavy (non-hydrogen) atoms. The maximum Gasteiger partial charge on any atom is 0.257 e. The second-order valence-electron chi connectivity index (χ2n) is 5.78. The van der Waals surface area contributed by atoms with Crippen molar-refractivity contribution in [1.29, 1.82) is 0 Å². The second-order valence-corrected chi connectivity index (χ2v) is 5.78. The van der Waals surface area contributed by atoms with Crippen LogP contribution in [0.15, 0.2) is 12.1 Å². The van der Waals surface area contributed by atoms with Crippen molar-refractivity contribution in [3.8, 4) is 0 Å². The Kier molecular flexibility index (Phi) is 3.58. The number of carbonyl (C=O) groups excluding carboxylic acids is 2. The molecule has 2 aliphatic heterocycles. The summed E-state index contributed by atoms with van der Waals surface area (Å²) >= 11 is 0. The molecule has 2 aliphatic rings. The van der Waals surface area contributed by atoms with Crippen LogP contribution < -0.4 is 0 Å². The quantitative estimate of drug-likeness (QED) is 0.742. The van der Waals surface area contributed by atoms with Crippen LogP contribution in [0.3, 0.4) is 0 Å². The summed E-state index contributed by atoms with van der Waals surface area (Å²) in [6, 6.07) is 0.610. The van der Waals surface area contributed by atoms with Crippen LogP contribution in [0.2, 0.25) is 0 Å². The maximum absolute atomic E-state index is 13.8. The van der Waals surface area contributed by atoms with Crippen molar-refractivity contribution in [2.24, 2.45) is 5.92 Å². The van der Waals surface area contributed by atoms with E-state index in [1.165, 1.54) is 4.90 Å². The Morgan fingerprint density at radius 3 is 2.59 bits per heavy atom. The third kappa shape index (κ3) is 2.24. The molecule has 2 saturated heterocycles. The van der Waals surface area contributed by atoms with Crippen molar-refractivity contribution >= 4 is 11.8 Å². The van der Waals surface area contributed by atoms with Crippen LogP contribution in [0.1, 0.15) is 23.2 Å². The van der Waals surface area contributed by atoms with Crippen molar-refractivity contribution in [3.63, 3.8) is 0 Å². The topological polar surface area (TPSA) is 40.6 Å². The largest absolute Gasteiger partial charge is 0.343 e. The molecule has 0 bridgehead atoms. The molecule has 1 aromatic carbocycles. The Hall–Kier alpha value is -2.05.